The van der Waals surface area contributed by atoms with Gasteiger partial charge in [0.25, 0.3) is 5.91 Å². The zero-order valence-electron chi connectivity index (χ0n) is 11.8. The van der Waals surface area contributed by atoms with Gasteiger partial charge in [0.15, 0.2) is 0 Å². The summed E-state index contributed by atoms with van der Waals surface area (Å²) >= 11 is 1.32. The highest BCUT2D eigenvalue weighted by Gasteiger charge is 2.37. The molecule has 1 fully saturated rings. The van der Waals surface area contributed by atoms with Crippen molar-refractivity contribution in [2.24, 2.45) is 11.8 Å². The van der Waals surface area contributed by atoms with Crippen molar-refractivity contribution >= 4 is 23.2 Å². The first-order valence-corrected chi connectivity index (χ1v) is 7.68. The molecular weight excluding hydrogens is 304 g/mol. The molecule has 0 spiro atoms. The average Bonchev–Trinajstić information content (AvgIpc) is 3.14. The molecular formula is C14H14N4O3S. The van der Waals surface area contributed by atoms with Gasteiger partial charge in [-0.3, -0.25) is 19.6 Å². The fourth-order valence-electron chi connectivity index (χ4n) is 2.52. The van der Waals surface area contributed by atoms with Gasteiger partial charge in [0, 0.05) is 30.9 Å². The lowest BCUT2D eigenvalue weighted by molar-refractivity contribution is -0.142. The Morgan fingerprint density at radius 2 is 2.18 bits per heavy atom. The van der Waals surface area contributed by atoms with Crippen LogP contribution in [0.5, 0.6) is 0 Å². The van der Waals surface area contributed by atoms with E-state index in [1.807, 2.05) is 6.92 Å². The molecule has 0 aromatic carbocycles. The Hall–Kier alpha value is -2.35. The summed E-state index contributed by atoms with van der Waals surface area (Å²) in [6.07, 6.45) is 4.73. The van der Waals surface area contributed by atoms with Crippen LogP contribution < -0.4 is 0 Å². The second kappa shape index (κ2) is 5.80. The van der Waals surface area contributed by atoms with Crippen molar-refractivity contribution in [3.63, 3.8) is 0 Å². The van der Waals surface area contributed by atoms with Crippen LogP contribution in [0.2, 0.25) is 0 Å². The van der Waals surface area contributed by atoms with Crippen molar-refractivity contribution in [3.8, 4) is 10.7 Å². The predicted octanol–water partition coefficient (Wildman–Crippen LogP) is 1.39. The van der Waals surface area contributed by atoms with Gasteiger partial charge < -0.3 is 10.0 Å². The molecule has 22 heavy (non-hydrogen) atoms. The number of amides is 1. The number of carbonyl (C=O) groups excluding carboxylic acids is 1. The SMILES string of the molecule is C[C@@H]1CN(C(=O)c2csc(-c3cnccn3)n2)C[C@H]1C(=O)O. The molecule has 1 saturated heterocycles. The summed E-state index contributed by atoms with van der Waals surface area (Å²) in [5, 5.41) is 11.4. The van der Waals surface area contributed by atoms with Gasteiger partial charge in [-0.15, -0.1) is 11.3 Å². The quantitative estimate of drug-likeness (QED) is 0.918. The van der Waals surface area contributed by atoms with Gasteiger partial charge in [0.05, 0.1) is 12.1 Å². The zero-order chi connectivity index (χ0) is 15.7. The third kappa shape index (κ3) is 2.69. The van der Waals surface area contributed by atoms with E-state index in [2.05, 4.69) is 15.0 Å². The molecule has 0 aliphatic carbocycles. The van der Waals surface area contributed by atoms with Gasteiger partial charge in [-0.2, -0.15) is 0 Å². The van der Waals surface area contributed by atoms with Crippen LogP contribution in [0.1, 0.15) is 17.4 Å². The lowest BCUT2D eigenvalue weighted by Gasteiger charge is -2.13. The second-order valence-corrected chi connectivity index (χ2v) is 6.12. The molecule has 2 aromatic heterocycles. The normalized spacial score (nSPS) is 21.0. The van der Waals surface area contributed by atoms with Crippen LogP contribution in [0.4, 0.5) is 0 Å². The molecule has 114 valence electrons. The maximum Gasteiger partial charge on any atom is 0.308 e. The second-order valence-electron chi connectivity index (χ2n) is 5.26. The molecule has 0 unspecified atom stereocenters. The monoisotopic (exact) mass is 318 g/mol. The van der Waals surface area contributed by atoms with E-state index in [1.165, 1.54) is 11.3 Å². The maximum atomic E-state index is 12.4. The van der Waals surface area contributed by atoms with Crippen molar-refractivity contribution < 1.29 is 14.7 Å². The molecule has 0 saturated carbocycles. The summed E-state index contributed by atoms with van der Waals surface area (Å²) < 4.78 is 0. The summed E-state index contributed by atoms with van der Waals surface area (Å²) in [6, 6.07) is 0. The Morgan fingerprint density at radius 3 is 2.82 bits per heavy atom. The molecule has 3 heterocycles. The highest BCUT2D eigenvalue weighted by Crippen LogP contribution is 2.26. The minimum atomic E-state index is -0.860. The van der Waals surface area contributed by atoms with E-state index in [0.29, 0.717) is 22.9 Å². The Labute approximate surface area is 130 Å². The Bertz CT molecular complexity index is 703. The van der Waals surface area contributed by atoms with Crippen molar-refractivity contribution in [1.82, 2.24) is 19.9 Å². The number of nitrogens with zero attached hydrogens (tertiary/aromatic N) is 4. The first-order chi connectivity index (χ1) is 10.6. The molecule has 0 bridgehead atoms. The molecule has 1 aliphatic heterocycles. The fourth-order valence-corrected chi connectivity index (χ4v) is 3.27. The molecule has 8 heteroatoms. The average molecular weight is 318 g/mol. The number of hydrogen-bond donors (Lipinski definition) is 1. The predicted molar refractivity (Wildman–Crippen MR) is 79.3 cm³/mol. The number of hydrogen-bond acceptors (Lipinski definition) is 6. The zero-order valence-corrected chi connectivity index (χ0v) is 12.7. The highest BCUT2D eigenvalue weighted by molar-refractivity contribution is 7.13. The third-order valence-corrected chi connectivity index (χ3v) is 4.59. The van der Waals surface area contributed by atoms with Gasteiger partial charge in [0.2, 0.25) is 0 Å². The minimum Gasteiger partial charge on any atom is -0.481 e. The fraction of sp³-hybridized carbons (Fsp3) is 0.357. The lowest BCUT2D eigenvalue weighted by atomic mass is 9.99. The van der Waals surface area contributed by atoms with Crippen LogP contribution in [0.15, 0.2) is 24.0 Å². The van der Waals surface area contributed by atoms with E-state index < -0.39 is 11.9 Å². The van der Waals surface area contributed by atoms with Crippen LogP contribution in [0.25, 0.3) is 10.7 Å². The van der Waals surface area contributed by atoms with Crippen molar-refractivity contribution in [2.45, 2.75) is 6.92 Å². The number of likely N-dealkylation sites (tertiary alicyclic amines) is 1. The largest absolute Gasteiger partial charge is 0.481 e. The van der Waals surface area contributed by atoms with E-state index in [0.717, 1.165) is 0 Å². The molecule has 1 aliphatic rings. The minimum absolute atomic E-state index is 0.0560. The molecule has 7 nitrogen and oxygen atoms in total. The van der Waals surface area contributed by atoms with E-state index in [9.17, 15) is 9.59 Å². The van der Waals surface area contributed by atoms with Crippen molar-refractivity contribution in [2.75, 3.05) is 13.1 Å². The van der Waals surface area contributed by atoms with Gasteiger partial charge in [-0.25, -0.2) is 4.98 Å². The molecule has 2 atom stereocenters. The molecule has 3 rings (SSSR count). The number of carboxylic acid groups (broad SMARTS) is 1. The van der Waals surface area contributed by atoms with Crippen molar-refractivity contribution in [3.05, 3.63) is 29.7 Å². The Morgan fingerprint density at radius 1 is 1.36 bits per heavy atom. The number of rotatable bonds is 3. The van der Waals surface area contributed by atoms with Crippen LogP contribution in [-0.4, -0.2) is 49.9 Å². The summed E-state index contributed by atoms with van der Waals surface area (Å²) in [5.41, 5.74) is 0.939. The summed E-state index contributed by atoms with van der Waals surface area (Å²) in [5.74, 6) is -1.66. The molecule has 2 aromatic rings. The Kier molecular flexibility index (Phi) is 3.84. The van der Waals surface area contributed by atoms with Gasteiger partial charge in [-0.1, -0.05) is 6.92 Å². The van der Waals surface area contributed by atoms with E-state index in [4.69, 9.17) is 5.11 Å². The summed E-state index contributed by atoms with van der Waals surface area (Å²) in [4.78, 5) is 37.6. The topological polar surface area (TPSA) is 96.3 Å². The number of thiazole rings is 1. The number of carboxylic acids is 1. The lowest BCUT2D eigenvalue weighted by Crippen LogP contribution is -2.30. The van der Waals surface area contributed by atoms with Crippen molar-refractivity contribution in [1.29, 1.82) is 0 Å². The highest BCUT2D eigenvalue weighted by atomic mass is 32.1. The van der Waals surface area contributed by atoms with Crippen LogP contribution in [0.3, 0.4) is 0 Å². The number of carbonyl (C=O) groups is 2. The molecule has 0 radical (unpaired) electrons. The first-order valence-electron chi connectivity index (χ1n) is 6.80. The molecule has 1 amide bonds. The smallest absolute Gasteiger partial charge is 0.308 e. The summed E-state index contributed by atoms with van der Waals surface area (Å²) in [6.45, 7) is 2.51. The van der Waals surface area contributed by atoms with E-state index >= 15 is 0 Å². The number of aromatic nitrogens is 3. The van der Waals surface area contributed by atoms with E-state index in [1.54, 1.807) is 28.9 Å². The third-order valence-electron chi connectivity index (χ3n) is 3.72. The van der Waals surface area contributed by atoms with Crippen LogP contribution in [0, 0.1) is 11.8 Å². The van der Waals surface area contributed by atoms with E-state index in [-0.39, 0.29) is 18.4 Å². The standard InChI is InChI=1S/C14H14N4O3S/c1-8-5-18(6-9(8)14(20)21)13(19)11-7-22-12(17-11)10-4-15-2-3-16-10/h2-4,7-9H,5-6H2,1H3,(H,20,21)/t8-,9-/m1/s1. The first kappa shape index (κ1) is 14.6. The van der Waals surface area contributed by atoms with Gasteiger partial charge in [0.1, 0.15) is 16.4 Å². The maximum absolute atomic E-state index is 12.4. The van der Waals surface area contributed by atoms with Gasteiger partial charge in [-0.05, 0) is 5.92 Å². The van der Waals surface area contributed by atoms with Crippen LogP contribution in [-0.2, 0) is 4.79 Å². The Balaban J connectivity index is 1.77. The number of aliphatic carboxylic acids is 1. The summed E-state index contributed by atoms with van der Waals surface area (Å²) in [7, 11) is 0. The molecule has 1 N–H and O–H groups in total. The van der Waals surface area contributed by atoms with Gasteiger partial charge >= 0.3 is 5.97 Å². The van der Waals surface area contributed by atoms with Crippen LogP contribution >= 0.6 is 11.3 Å².